The van der Waals surface area contributed by atoms with Crippen LogP contribution in [0.4, 0.5) is 10.1 Å². The van der Waals surface area contributed by atoms with Crippen LogP contribution in [0.1, 0.15) is 17.2 Å². The summed E-state index contributed by atoms with van der Waals surface area (Å²) in [5, 5.41) is 13.7. The minimum atomic E-state index is -0.633. The molecule has 7 heteroatoms. The van der Waals surface area contributed by atoms with Gasteiger partial charge in [-0.25, -0.2) is 9.07 Å². The second-order valence-corrected chi connectivity index (χ2v) is 5.45. The van der Waals surface area contributed by atoms with E-state index in [1.165, 1.54) is 17.1 Å². The molecule has 0 aliphatic carbocycles. The predicted molar refractivity (Wildman–Crippen MR) is 86.8 cm³/mol. The quantitative estimate of drug-likeness (QED) is 0.782. The van der Waals surface area contributed by atoms with Crippen molar-refractivity contribution in [2.45, 2.75) is 19.4 Å². The maximum Gasteiger partial charge on any atom is 0.249 e. The molecule has 1 N–H and O–H groups in total. The highest BCUT2D eigenvalue weighted by atomic mass is 19.1. The maximum absolute atomic E-state index is 13.7. The smallest absolute Gasteiger partial charge is 0.249 e. The average Bonchev–Trinajstić information content (AvgIpc) is 3.11. The standard InChI is InChI=1S/C17H16FN5O/c1-12-7-8-14(10-15(12)18)20-17(24)16(23-11-19-21-22-23)9-13-5-3-2-4-6-13/h2-8,10-11,16H,9H2,1H3,(H,20,24)/t16-/m0/s1. The molecular formula is C17H16FN5O. The molecule has 0 fully saturated rings. The molecule has 122 valence electrons. The number of hydrogen-bond acceptors (Lipinski definition) is 4. The van der Waals surface area contributed by atoms with Crippen LogP contribution in [0, 0.1) is 12.7 Å². The molecule has 3 rings (SSSR count). The van der Waals surface area contributed by atoms with E-state index in [0.717, 1.165) is 5.56 Å². The van der Waals surface area contributed by atoms with E-state index in [9.17, 15) is 9.18 Å². The van der Waals surface area contributed by atoms with Gasteiger partial charge < -0.3 is 5.32 Å². The van der Waals surface area contributed by atoms with Gasteiger partial charge in [-0.1, -0.05) is 36.4 Å². The van der Waals surface area contributed by atoms with Gasteiger partial charge in [0.05, 0.1) is 0 Å². The SMILES string of the molecule is Cc1ccc(NC(=O)[C@H](Cc2ccccc2)n2cnnn2)cc1F. The van der Waals surface area contributed by atoms with Crippen LogP contribution in [0.15, 0.2) is 54.9 Å². The lowest BCUT2D eigenvalue weighted by Crippen LogP contribution is -2.28. The third-order valence-electron chi connectivity index (χ3n) is 3.70. The van der Waals surface area contributed by atoms with Gasteiger partial charge in [0.2, 0.25) is 5.91 Å². The van der Waals surface area contributed by atoms with Crippen molar-refractivity contribution >= 4 is 11.6 Å². The number of aromatic nitrogens is 4. The fraction of sp³-hybridized carbons (Fsp3) is 0.176. The number of nitrogens with zero attached hydrogens (tertiary/aromatic N) is 4. The zero-order valence-electron chi connectivity index (χ0n) is 13.1. The summed E-state index contributed by atoms with van der Waals surface area (Å²) in [4.78, 5) is 12.7. The van der Waals surface area contributed by atoms with E-state index in [1.807, 2.05) is 30.3 Å². The number of tetrazole rings is 1. The number of amides is 1. The Labute approximate surface area is 138 Å². The molecule has 0 saturated heterocycles. The molecule has 24 heavy (non-hydrogen) atoms. The van der Waals surface area contributed by atoms with Gasteiger partial charge in [0.1, 0.15) is 18.2 Å². The van der Waals surface area contributed by atoms with Crippen molar-refractivity contribution in [3.05, 3.63) is 71.8 Å². The van der Waals surface area contributed by atoms with Crippen molar-refractivity contribution in [3.8, 4) is 0 Å². The number of carbonyl (C=O) groups excluding carboxylic acids is 1. The normalized spacial score (nSPS) is 11.9. The summed E-state index contributed by atoms with van der Waals surface area (Å²) in [6.07, 6.45) is 1.81. The number of aryl methyl sites for hydroxylation is 1. The van der Waals surface area contributed by atoms with Gasteiger partial charge in [-0.05, 0) is 40.6 Å². The zero-order valence-corrected chi connectivity index (χ0v) is 13.1. The lowest BCUT2D eigenvalue weighted by molar-refractivity contribution is -0.119. The number of carbonyl (C=O) groups is 1. The van der Waals surface area contributed by atoms with E-state index >= 15 is 0 Å². The van der Waals surface area contributed by atoms with E-state index in [1.54, 1.807) is 19.1 Å². The number of benzene rings is 2. The highest BCUT2D eigenvalue weighted by Crippen LogP contribution is 2.18. The van der Waals surface area contributed by atoms with Crippen molar-refractivity contribution in [2.75, 3.05) is 5.32 Å². The van der Waals surface area contributed by atoms with Crippen molar-refractivity contribution in [3.63, 3.8) is 0 Å². The van der Waals surface area contributed by atoms with Gasteiger partial charge in [0.15, 0.2) is 0 Å². The minimum absolute atomic E-state index is 0.311. The van der Waals surface area contributed by atoms with Crippen molar-refractivity contribution in [1.82, 2.24) is 20.2 Å². The first-order valence-corrected chi connectivity index (χ1v) is 7.47. The topological polar surface area (TPSA) is 72.7 Å². The molecule has 1 amide bonds. The van der Waals surface area contributed by atoms with E-state index in [2.05, 4.69) is 20.8 Å². The summed E-state index contributed by atoms with van der Waals surface area (Å²) in [6.45, 7) is 1.67. The Morgan fingerprint density at radius 2 is 2.04 bits per heavy atom. The number of rotatable bonds is 5. The minimum Gasteiger partial charge on any atom is -0.324 e. The number of anilines is 1. The molecular weight excluding hydrogens is 309 g/mol. The highest BCUT2D eigenvalue weighted by molar-refractivity contribution is 5.93. The summed E-state index contributed by atoms with van der Waals surface area (Å²) in [5.41, 5.74) is 1.90. The Morgan fingerprint density at radius 3 is 2.71 bits per heavy atom. The van der Waals surface area contributed by atoms with E-state index in [0.29, 0.717) is 17.7 Å². The van der Waals surface area contributed by atoms with Gasteiger partial charge in [0.25, 0.3) is 0 Å². The highest BCUT2D eigenvalue weighted by Gasteiger charge is 2.22. The van der Waals surface area contributed by atoms with Crippen LogP contribution in [0.3, 0.4) is 0 Å². The molecule has 1 atom stereocenters. The third-order valence-corrected chi connectivity index (χ3v) is 3.70. The van der Waals surface area contributed by atoms with Crippen LogP contribution in [-0.4, -0.2) is 26.1 Å². The molecule has 0 aliphatic rings. The molecule has 2 aromatic carbocycles. The summed E-state index contributed by atoms with van der Waals surface area (Å²) in [5.74, 6) is -0.677. The van der Waals surface area contributed by atoms with Crippen molar-refractivity contribution in [1.29, 1.82) is 0 Å². The maximum atomic E-state index is 13.7. The monoisotopic (exact) mass is 325 g/mol. The van der Waals surface area contributed by atoms with Gasteiger partial charge >= 0.3 is 0 Å². The van der Waals surface area contributed by atoms with Gasteiger partial charge in [0, 0.05) is 12.1 Å². The van der Waals surface area contributed by atoms with Crippen LogP contribution < -0.4 is 5.32 Å². The van der Waals surface area contributed by atoms with Crippen LogP contribution in [0.25, 0.3) is 0 Å². The third kappa shape index (κ3) is 3.62. The lowest BCUT2D eigenvalue weighted by Gasteiger charge is -2.16. The van der Waals surface area contributed by atoms with E-state index in [-0.39, 0.29) is 11.7 Å². The summed E-state index contributed by atoms with van der Waals surface area (Å²) >= 11 is 0. The van der Waals surface area contributed by atoms with E-state index < -0.39 is 6.04 Å². The van der Waals surface area contributed by atoms with Crippen LogP contribution in [0.2, 0.25) is 0 Å². The fourth-order valence-corrected chi connectivity index (χ4v) is 2.35. The van der Waals surface area contributed by atoms with E-state index in [4.69, 9.17) is 0 Å². The molecule has 0 spiro atoms. The molecule has 6 nitrogen and oxygen atoms in total. The first kappa shape index (κ1) is 15.8. The zero-order chi connectivity index (χ0) is 16.9. The number of hydrogen-bond donors (Lipinski definition) is 1. The molecule has 0 aliphatic heterocycles. The van der Waals surface area contributed by atoms with Gasteiger partial charge in [-0.3, -0.25) is 4.79 Å². The average molecular weight is 325 g/mol. The number of halogens is 1. The molecule has 3 aromatic rings. The predicted octanol–water partition coefficient (Wildman–Crippen LogP) is 2.54. The van der Waals surface area contributed by atoms with Crippen LogP contribution in [-0.2, 0) is 11.2 Å². The first-order valence-electron chi connectivity index (χ1n) is 7.47. The molecule has 0 bridgehead atoms. The molecule has 1 aromatic heterocycles. The Hall–Kier alpha value is -3.09. The Morgan fingerprint density at radius 1 is 1.25 bits per heavy atom. The molecule has 1 heterocycles. The lowest BCUT2D eigenvalue weighted by atomic mass is 10.1. The number of nitrogens with one attached hydrogen (secondary N) is 1. The van der Waals surface area contributed by atoms with Crippen molar-refractivity contribution < 1.29 is 9.18 Å². The Kier molecular flexibility index (Phi) is 4.60. The summed E-state index contributed by atoms with van der Waals surface area (Å²) < 4.78 is 15.1. The largest absolute Gasteiger partial charge is 0.324 e. The molecule has 0 saturated carbocycles. The Balaban J connectivity index is 1.82. The van der Waals surface area contributed by atoms with Crippen LogP contribution >= 0.6 is 0 Å². The molecule has 0 unspecified atom stereocenters. The summed E-state index contributed by atoms with van der Waals surface area (Å²) in [7, 11) is 0. The van der Waals surface area contributed by atoms with Gasteiger partial charge in [-0.2, -0.15) is 0 Å². The Bertz CT molecular complexity index is 820. The summed E-state index contributed by atoms with van der Waals surface area (Å²) in [6, 6.07) is 13.5. The van der Waals surface area contributed by atoms with Crippen molar-refractivity contribution in [2.24, 2.45) is 0 Å². The first-order chi connectivity index (χ1) is 11.6. The second-order valence-electron chi connectivity index (χ2n) is 5.45. The molecule has 0 radical (unpaired) electrons. The van der Waals surface area contributed by atoms with Crippen LogP contribution in [0.5, 0.6) is 0 Å². The second kappa shape index (κ2) is 6.99. The fourth-order valence-electron chi connectivity index (χ4n) is 2.35. The van der Waals surface area contributed by atoms with Gasteiger partial charge in [-0.15, -0.1) is 5.10 Å².